The van der Waals surface area contributed by atoms with Crippen LogP contribution in [0.15, 0.2) is 59.8 Å². The molecule has 0 aliphatic heterocycles. The minimum absolute atomic E-state index is 0.0189. The molecule has 5 rings (SSSR count). The SMILES string of the molecule is O=C(Nc1ccc(=O)[nH]c1)c1n[nH]c2ccc(-c3cncc(NC(=O)C4CC4)c3)cc12. The Morgan fingerprint density at radius 3 is 2.61 bits per heavy atom. The van der Waals surface area contributed by atoms with E-state index in [9.17, 15) is 14.4 Å². The van der Waals surface area contributed by atoms with E-state index in [1.165, 1.54) is 18.3 Å². The molecule has 154 valence electrons. The van der Waals surface area contributed by atoms with Crippen molar-refractivity contribution in [1.29, 1.82) is 0 Å². The Morgan fingerprint density at radius 2 is 1.84 bits per heavy atom. The fraction of sp³-hybridized carbons (Fsp3) is 0.136. The van der Waals surface area contributed by atoms with Crippen molar-refractivity contribution in [2.24, 2.45) is 5.92 Å². The molecule has 0 saturated heterocycles. The molecule has 1 aliphatic rings. The smallest absolute Gasteiger partial charge is 0.276 e. The van der Waals surface area contributed by atoms with Crippen LogP contribution >= 0.6 is 0 Å². The number of hydrogen-bond donors (Lipinski definition) is 4. The highest BCUT2D eigenvalue weighted by molar-refractivity contribution is 6.11. The summed E-state index contributed by atoms with van der Waals surface area (Å²) in [6.07, 6.45) is 6.60. The van der Waals surface area contributed by atoms with Crippen LogP contribution in [-0.4, -0.2) is 32.0 Å². The largest absolute Gasteiger partial charge is 0.327 e. The molecule has 0 radical (unpaired) electrons. The molecule has 4 N–H and O–H groups in total. The zero-order valence-electron chi connectivity index (χ0n) is 16.3. The summed E-state index contributed by atoms with van der Waals surface area (Å²) in [6.45, 7) is 0. The lowest BCUT2D eigenvalue weighted by Gasteiger charge is -2.07. The van der Waals surface area contributed by atoms with Crippen LogP contribution in [0.5, 0.6) is 0 Å². The van der Waals surface area contributed by atoms with Gasteiger partial charge in [-0.3, -0.25) is 24.5 Å². The monoisotopic (exact) mass is 414 g/mol. The number of nitrogens with zero attached hydrogens (tertiary/aromatic N) is 2. The van der Waals surface area contributed by atoms with Crippen LogP contribution in [0.1, 0.15) is 23.3 Å². The normalized spacial score (nSPS) is 13.2. The molecule has 0 atom stereocenters. The third-order valence-electron chi connectivity index (χ3n) is 5.11. The first-order valence-electron chi connectivity index (χ1n) is 9.81. The molecule has 3 heterocycles. The van der Waals surface area contributed by atoms with Gasteiger partial charge in [0.15, 0.2) is 5.69 Å². The predicted octanol–water partition coefficient (Wildman–Crippen LogP) is 2.91. The summed E-state index contributed by atoms with van der Waals surface area (Å²) in [6, 6.07) is 10.3. The Morgan fingerprint density at radius 1 is 0.968 bits per heavy atom. The summed E-state index contributed by atoms with van der Waals surface area (Å²) in [4.78, 5) is 42.7. The number of carbonyl (C=O) groups excluding carboxylic acids is 2. The first kappa shape index (κ1) is 18.7. The summed E-state index contributed by atoms with van der Waals surface area (Å²) < 4.78 is 0. The topological polar surface area (TPSA) is 133 Å². The first-order chi connectivity index (χ1) is 15.1. The van der Waals surface area contributed by atoms with Gasteiger partial charge in [0.05, 0.1) is 23.1 Å². The highest BCUT2D eigenvalue weighted by Gasteiger charge is 2.29. The van der Waals surface area contributed by atoms with E-state index >= 15 is 0 Å². The predicted molar refractivity (Wildman–Crippen MR) is 116 cm³/mol. The zero-order chi connectivity index (χ0) is 21.4. The number of benzene rings is 1. The number of nitrogens with one attached hydrogen (secondary N) is 4. The van der Waals surface area contributed by atoms with Crippen molar-refractivity contribution in [3.63, 3.8) is 0 Å². The van der Waals surface area contributed by atoms with Gasteiger partial charge in [0.25, 0.3) is 5.91 Å². The van der Waals surface area contributed by atoms with Gasteiger partial charge in [-0.1, -0.05) is 6.07 Å². The third-order valence-corrected chi connectivity index (χ3v) is 5.11. The fourth-order valence-corrected chi connectivity index (χ4v) is 3.30. The second-order valence-electron chi connectivity index (χ2n) is 7.45. The highest BCUT2D eigenvalue weighted by Crippen LogP contribution is 2.31. The van der Waals surface area contributed by atoms with Crippen LogP contribution in [-0.2, 0) is 4.79 Å². The van der Waals surface area contributed by atoms with E-state index in [1.54, 1.807) is 12.4 Å². The molecule has 4 aromatic rings. The second-order valence-corrected chi connectivity index (χ2v) is 7.45. The van der Waals surface area contributed by atoms with Crippen LogP contribution in [0, 0.1) is 5.92 Å². The number of fused-ring (bicyclic) bond motifs is 1. The van der Waals surface area contributed by atoms with Gasteiger partial charge in [-0.15, -0.1) is 0 Å². The molecule has 31 heavy (non-hydrogen) atoms. The fourth-order valence-electron chi connectivity index (χ4n) is 3.30. The lowest BCUT2D eigenvalue weighted by molar-refractivity contribution is -0.117. The van der Waals surface area contributed by atoms with E-state index in [4.69, 9.17) is 0 Å². The molecule has 1 saturated carbocycles. The molecule has 0 bridgehead atoms. The minimum atomic E-state index is -0.404. The number of amides is 2. The Balaban J connectivity index is 1.43. The molecule has 9 nitrogen and oxygen atoms in total. The Kier molecular flexibility index (Phi) is 4.55. The van der Waals surface area contributed by atoms with Gasteiger partial charge in [-0.2, -0.15) is 5.10 Å². The lowest BCUT2D eigenvalue weighted by atomic mass is 10.0. The van der Waals surface area contributed by atoms with E-state index < -0.39 is 5.91 Å². The average molecular weight is 414 g/mol. The summed E-state index contributed by atoms with van der Waals surface area (Å²) in [5, 5.41) is 13.3. The van der Waals surface area contributed by atoms with Crippen molar-refractivity contribution in [1.82, 2.24) is 20.2 Å². The number of pyridine rings is 2. The Labute approximate surface area is 175 Å². The summed E-state index contributed by atoms with van der Waals surface area (Å²) in [5.41, 5.74) is 3.43. The van der Waals surface area contributed by atoms with Crippen molar-refractivity contribution in [3.8, 4) is 11.1 Å². The van der Waals surface area contributed by atoms with E-state index in [0.29, 0.717) is 22.3 Å². The van der Waals surface area contributed by atoms with Gasteiger partial charge in [-0.05, 0) is 42.7 Å². The maximum absolute atomic E-state index is 12.7. The van der Waals surface area contributed by atoms with Crippen LogP contribution in [0.25, 0.3) is 22.0 Å². The molecule has 1 aliphatic carbocycles. The first-order valence-corrected chi connectivity index (χ1v) is 9.81. The Bertz CT molecular complexity index is 1350. The molecular weight excluding hydrogens is 396 g/mol. The van der Waals surface area contributed by atoms with E-state index in [-0.39, 0.29) is 23.1 Å². The average Bonchev–Trinajstić information content (AvgIpc) is 3.54. The lowest BCUT2D eigenvalue weighted by Crippen LogP contribution is -2.14. The van der Waals surface area contributed by atoms with E-state index in [2.05, 4.69) is 30.8 Å². The molecule has 2 amide bonds. The third kappa shape index (κ3) is 3.93. The summed E-state index contributed by atoms with van der Waals surface area (Å²) >= 11 is 0. The van der Waals surface area contributed by atoms with Crippen molar-refractivity contribution in [2.75, 3.05) is 10.6 Å². The van der Waals surface area contributed by atoms with Crippen LogP contribution < -0.4 is 16.2 Å². The van der Waals surface area contributed by atoms with Crippen LogP contribution in [0.4, 0.5) is 11.4 Å². The maximum atomic E-state index is 12.7. The number of rotatable bonds is 5. The van der Waals surface area contributed by atoms with Gasteiger partial charge in [0.1, 0.15) is 0 Å². The number of aromatic amines is 2. The quantitative estimate of drug-likeness (QED) is 0.399. The van der Waals surface area contributed by atoms with Crippen molar-refractivity contribution in [2.45, 2.75) is 12.8 Å². The molecule has 9 heteroatoms. The number of H-pyrrole nitrogens is 2. The van der Waals surface area contributed by atoms with Crippen LogP contribution in [0.3, 0.4) is 0 Å². The number of aromatic nitrogens is 4. The van der Waals surface area contributed by atoms with Crippen molar-refractivity contribution in [3.05, 3.63) is 71.0 Å². The number of carbonyl (C=O) groups is 2. The van der Waals surface area contributed by atoms with Crippen molar-refractivity contribution < 1.29 is 9.59 Å². The molecular formula is C22H18N6O3. The number of anilines is 2. The Hall–Kier alpha value is -4.27. The zero-order valence-corrected chi connectivity index (χ0v) is 16.3. The van der Waals surface area contributed by atoms with Gasteiger partial charge < -0.3 is 15.6 Å². The standard InChI is InChI=1S/C22H18N6O3/c29-19-6-4-15(11-24-19)25-22(31)20-17-8-13(3-5-18(17)27-28-20)14-7-16(10-23-9-14)26-21(30)12-1-2-12/h3-12H,1-2H2,(H,24,29)(H,25,31)(H,26,30)(H,27,28). The van der Waals surface area contributed by atoms with Gasteiger partial charge in [-0.25, -0.2) is 0 Å². The van der Waals surface area contributed by atoms with Gasteiger partial charge in [0.2, 0.25) is 11.5 Å². The molecule has 3 aromatic heterocycles. The summed E-state index contributed by atoms with van der Waals surface area (Å²) in [7, 11) is 0. The van der Waals surface area contributed by atoms with E-state index in [1.807, 2.05) is 24.3 Å². The molecule has 0 spiro atoms. The molecule has 1 fully saturated rings. The second kappa shape index (κ2) is 7.52. The maximum Gasteiger partial charge on any atom is 0.276 e. The minimum Gasteiger partial charge on any atom is -0.327 e. The van der Waals surface area contributed by atoms with Crippen molar-refractivity contribution >= 4 is 34.1 Å². The molecule has 1 aromatic carbocycles. The highest BCUT2D eigenvalue weighted by atomic mass is 16.2. The van der Waals surface area contributed by atoms with E-state index in [0.717, 1.165) is 24.0 Å². The number of hydrogen-bond acceptors (Lipinski definition) is 5. The van der Waals surface area contributed by atoms with Gasteiger partial charge in [0, 0.05) is 35.3 Å². The van der Waals surface area contributed by atoms with Gasteiger partial charge >= 0.3 is 0 Å². The molecule has 0 unspecified atom stereocenters. The summed E-state index contributed by atoms with van der Waals surface area (Å²) in [5.74, 6) is -0.279. The van der Waals surface area contributed by atoms with Crippen LogP contribution in [0.2, 0.25) is 0 Å².